The van der Waals surface area contributed by atoms with Crippen LogP contribution in [0.25, 0.3) is 0 Å². The maximum Gasteiger partial charge on any atom is 0.528 e. The molecule has 0 radical (unpaired) electrons. The van der Waals surface area contributed by atoms with Crippen molar-refractivity contribution in [3.05, 3.63) is 12.7 Å². The molecule has 0 aromatic heterocycles. The fourth-order valence-corrected chi connectivity index (χ4v) is 4.56. The molecule has 0 aliphatic rings. The van der Waals surface area contributed by atoms with Crippen LogP contribution in [0.15, 0.2) is 12.7 Å². The average Bonchev–Trinajstić information content (AvgIpc) is 2.72. The molecule has 0 bridgehead atoms. The summed E-state index contributed by atoms with van der Waals surface area (Å²) in [5, 5.41) is 0. The third kappa shape index (κ3) is 41.8. The highest BCUT2D eigenvalue weighted by Crippen LogP contribution is 2.11. The molecule has 0 N–H and O–H groups in total. The van der Waals surface area contributed by atoms with Gasteiger partial charge >= 0.3 is 14.8 Å². The summed E-state index contributed by atoms with van der Waals surface area (Å²) < 4.78 is 42.4. The summed E-state index contributed by atoms with van der Waals surface area (Å²) in [5.74, 6) is 0.179. The second-order valence-electron chi connectivity index (χ2n) is 6.77. The van der Waals surface area contributed by atoms with Crippen LogP contribution in [0, 0.1) is 11.8 Å². The lowest BCUT2D eigenvalue weighted by Crippen LogP contribution is -2.51. The Morgan fingerprint density at radius 3 is 1.36 bits per heavy atom. The molecule has 0 spiro atoms. The molecule has 10 heteroatoms. The number of methoxy groups -OCH3 is 2. The van der Waals surface area contributed by atoms with E-state index >= 15 is 0 Å². The summed E-state index contributed by atoms with van der Waals surface area (Å²) in [6.07, 6.45) is 1.50. The van der Waals surface area contributed by atoms with Crippen molar-refractivity contribution in [3.8, 4) is 0 Å². The molecule has 0 aliphatic carbocycles. The number of carbonyl (C=O) groups is 1. The van der Waals surface area contributed by atoms with Gasteiger partial charge in [0.15, 0.2) is 6.79 Å². The Bertz CT molecular complexity index is 411. The number of esters is 1. The molecule has 0 aromatic rings. The molecule has 0 heterocycles. The van der Waals surface area contributed by atoms with Gasteiger partial charge in [-0.1, -0.05) is 79.8 Å². The van der Waals surface area contributed by atoms with Crippen LogP contribution >= 0.6 is 0 Å². The summed E-state index contributed by atoms with van der Waals surface area (Å²) >= 11 is 0. The molecule has 0 saturated heterocycles. The maximum absolute atomic E-state index is 10.5. The molecule has 2 atom stereocenters. The highest BCUT2D eigenvalue weighted by molar-refractivity contribution is 6.60. The van der Waals surface area contributed by atoms with Gasteiger partial charge in [-0.2, -0.15) is 0 Å². The van der Waals surface area contributed by atoms with Crippen molar-refractivity contribution in [1.82, 2.24) is 0 Å². The van der Waals surface area contributed by atoms with E-state index in [2.05, 4.69) is 18.2 Å². The SMILES string of the molecule is C.C.C.C.C.C.C.C.C=CC(=O)OCOCC(C)COC.CCO[Si](COCC(C)COC)(OCC)OCC. The van der Waals surface area contributed by atoms with Gasteiger partial charge in [0.2, 0.25) is 0 Å². The minimum Gasteiger partial charge on any atom is -0.435 e. The fourth-order valence-electron chi connectivity index (χ4n) is 2.37. The zero-order valence-corrected chi connectivity index (χ0v) is 21.5. The first-order valence-corrected chi connectivity index (χ1v) is 12.6. The maximum atomic E-state index is 10.5. The van der Waals surface area contributed by atoms with E-state index in [9.17, 15) is 4.79 Å². The van der Waals surface area contributed by atoms with Crippen molar-refractivity contribution in [2.45, 2.75) is 94.0 Å². The van der Waals surface area contributed by atoms with Crippen molar-refractivity contribution in [1.29, 1.82) is 0 Å². The van der Waals surface area contributed by atoms with Crippen LogP contribution < -0.4 is 0 Å². The Morgan fingerprint density at radius 1 is 0.692 bits per heavy atom. The standard InChI is InChI=1S/C12H28O5Si.C9H16O4.8CH4/c1-6-15-18(16-7-2,17-8-3)11-14-10-12(4)9-13-5;1-4-9(10)13-7-12-6-8(2)5-11-3;;;;;;;;/h12H,6-11H2,1-5H3;4,8H,1,5-7H2,2-3H3;8*1H4. The Hall–Kier alpha value is -0.853. The quantitative estimate of drug-likeness (QED) is 0.0484. The molecule has 39 heavy (non-hydrogen) atoms. The summed E-state index contributed by atoms with van der Waals surface area (Å²) in [5.41, 5.74) is 0. The van der Waals surface area contributed by atoms with Gasteiger partial charge in [-0.3, -0.25) is 0 Å². The van der Waals surface area contributed by atoms with E-state index in [1.54, 1.807) is 14.2 Å². The smallest absolute Gasteiger partial charge is 0.435 e. The monoisotopic (exact) mass is 597 g/mol. The zero-order valence-electron chi connectivity index (χ0n) is 20.5. The van der Waals surface area contributed by atoms with E-state index in [0.29, 0.717) is 64.3 Å². The topological polar surface area (TPSA) is 90.9 Å². The molecule has 0 aromatic carbocycles. The number of rotatable bonds is 19. The molecule has 250 valence electrons. The first kappa shape index (κ1) is 66.4. The predicted octanol–water partition coefficient (Wildman–Crippen LogP) is 7.93. The summed E-state index contributed by atoms with van der Waals surface area (Å²) in [7, 11) is 0.675. The summed E-state index contributed by atoms with van der Waals surface area (Å²) in [4.78, 5) is 10.5. The van der Waals surface area contributed by atoms with Crippen LogP contribution in [0.5, 0.6) is 0 Å². The van der Waals surface area contributed by atoms with Crippen LogP contribution in [-0.4, -0.2) is 88.3 Å². The molecule has 0 aliphatic heterocycles. The van der Waals surface area contributed by atoms with Crippen molar-refractivity contribution in [2.24, 2.45) is 11.8 Å². The van der Waals surface area contributed by atoms with Crippen LogP contribution in [0.4, 0.5) is 0 Å². The first-order chi connectivity index (χ1) is 14.8. The van der Waals surface area contributed by atoms with Gasteiger partial charge < -0.3 is 37.0 Å². The molecule has 0 rings (SSSR count). The van der Waals surface area contributed by atoms with Crippen LogP contribution in [0.1, 0.15) is 94.0 Å². The largest absolute Gasteiger partial charge is 0.528 e. The third-order valence-electron chi connectivity index (χ3n) is 3.53. The minimum atomic E-state index is -2.65. The highest BCUT2D eigenvalue weighted by atomic mass is 28.4. The Balaban J connectivity index is -0.0000000461. The third-order valence-corrected chi connectivity index (χ3v) is 6.27. The van der Waals surface area contributed by atoms with Gasteiger partial charge in [-0.25, -0.2) is 4.79 Å². The molecular formula is C29H76O9Si. The lowest BCUT2D eigenvalue weighted by Gasteiger charge is -2.28. The molecule has 0 fully saturated rings. The van der Waals surface area contributed by atoms with Crippen molar-refractivity contribution >= 4 is 14.8 Å². The highest BCUT2D eigenvalue weighted by Gasteiger charge is 2.41. The van der Waals surface area contributed by atoms with Gasteiger partial charge in [0.1, 0.15) is 6.23 Å². The number of carbonyl (C=O) groups excluding carboxylic acids is 1. The van der Waals surface area contributed by atoms with E-state index in [1.165, 1.54) is 0 Å². The summed E-state index contributed by atoms with van der Waals surface area (Å²) in [6, 6.07) is 0. The van der Waals surface area contributed by atoms with Gasteiger partial charge in [0.25, 0.3) is 0 Å². The van der Waals surface area contributed by atoms with E-state index in [0.717, 1.165) is 6.08 Å². The van der Waals surface area contributed by atoms with Gasteiger partial charge in [0, 0.05) is 52.0 Å². The lowest BCUT2D eigenvalue weighted by molar-refractivity contribution is -0.151. The molecule has 0 amide bonds. The molecule has 0 saturated carbocycles. The second-order valence-corrected chi connectivity index (χ2v) is 9.30. The minimum absolute atomic E-state index is 0. The fraction of sp³-hybridized carbons (Fsp3) is 0.897. The van der Waals surface area contributed by atoms with E-state index in [1.807, 2.05) is 27.7 Å². The summed E-state index contributed by atoms with van der Waals surface area (Å²) in [6.45, 7) is 17.3. The normalized spacial score (nSPS) is 10.4. The van der Waals surface area contributed by atoms with E-state index < -0.39 is 14.8 Å². The number of hydrogen-bond acceptors (Lipinski definition) is 9. The van der Waals surface area contributed by atoms with Crippen LogP contribution in [-0.2, 0) is 41.8 Å². The molecule has 9 nitrogen and oxygen atoms in total. The number of hydrogen-bond donors (Lipinski definition) is 0. The zero-order chi connectivity index (χ0) is 24.0. The van der Waals surface area contributed by atoms with Crippen molar-refractivity contribution in [3.63, 3.8) is 0 Å². The average molecular weight is 597 g/mol. The van der Waals surface area contributed by atoms with Crippen molar-refractivity contribution in [2.75, 3.05) is 73.5 Å². The van der Waals surface area contributed by atoms with Gasteiger partial charge in [-0.15, -0.1) is 0 Å². The second kappa shape index (κ2) is 47.0. The Morgan fingerprint density at radius 2 is 1.05 bits per heavy atom. The van der Waals surface area contributed by atoms with E-state index in [4.69, 9.17) is 32.2 Å². The first-order valence-electron chi connectivity index (χ1n) is 10.7. The number of ether oxygens (including phenoxy) is 5. The van der Waals surface area contributed by atoms with E-state index in [-0.39, 0.29) is 66.2 Å². The Kier molecular flexibility index (Phi) is 80.0. The molecule has 2 unspecified atom stereocenters. The van der Waals surface area contributed by atoms with Gasteiger partial charge in [0.05, 0.1) is 26.4 Å². The van der Waals surface area contributed by atoms with Crippen LogP contribution in [0.3, 0.4) is 0 Å². The van der Waals surface area contributed by atoms with Crippen LogP contribution in [0.2, 0.25) is 0 Å². The lowest BCUT2D eigenvalue weighted by atomic mass is 10.2. The van der Waals surface area contributed by atoms with Crippen molar-refractivity contribution < 1.29 is 41.8 Å². The predicted molar refractivity (Wildman–Crippen MR) is 174 cm³/mol. The van der Waals surface area contributed by atoms with Gasteiger partial charge in [-0.05, 0) is 20.8 Å². The Labute approximate surface area is 248 Å². The molecular weight excluding hydrogens is 520 g/mol.